The summed E-state index contributed by atoms with van der Waals surface area (Å²) in [7, 11) is 1.68. The molecule has 0 saturated heterocycles. The molecule has 0 amide bonds. The number of benzene rings is 1. The minimum absolute atomic E-state index is 0.116. The summed E-state index contributed by atoms with van der Waals surface area (Å²) in [6, 6.07) is 7.97. The normalized spacial score (nSPS) is 11.2. The van der Waals surface area contributed by atoms with Gasteiger partial charge in [0.1, 0.15) is 5.82 Å². The van der Waals surface area contributed by atoms with Crippen LogP contribution in [0.15, 0.2) is 24.3 Å². The van der Waals surface area contributed by atoms with Gasteiger partial charge in [0.05, 0.1) is 30.8 Å². The van der Waals surface area contributed by atoms with Gasteiger partial charge in [0, 0.05) is 20.2 Å². The predicted octanol–water partition coefficient (Wildman–Crippen LogP) is 0.765. The van der Waals surface area contributed by atoms with Crippen LogP contribution in [0.5, 0.6) is 0 Å². The first-order valence-corrected chi connectivity index (χ1v) is 6.11. The Kier molecular flexibility index (Phi) is 4.69. The van der Waals surface area contributed by atoms with Crippen molar-refractivity contribution in [2.75, 3.05) is 26.9 Å². The molecule has 5 nitrogen and oxygen atoms in total. The van der Waals surface area contributed by atoms with E-state index < -0.39 is 0 Å². The number of para-hydroxylation sites is 2. The van der Waals surface area contributed by atoms with Crippen molar-refractivity contribution < 1.29 is 9.84 Å². The summed E-state index contributed by atoms with van der Waals surface area (Å²) in [4.78, 5) is 4.58. The molecule has 0 spiro atoms. The lowest BCUT2D eigenvalue weighted by Gasteiger charge is -2.08. The van der Waals surface area contributed by atoms with Crippen LogP contribution in [0.1, 0.15) is 5.82 Å². The fourth-order valence-corrected chi connectivity index (χ4v) is 1.98. The van der Waals surface area contributed by atoms with Gasteiger partial charge in [-0.25, -0.2) is 4.98 Å². The maximum atomic E-state index is 9.14. The molecule has 1 heterocycles. The number of imidazole rings is 1. The first-order chi connectivity index (χ1) is 8.86. The van der Waals surface area contributed by atoms with Crippen LogP contribution in [0.2, 0.25) is 0 Å². The van der Waals surface area contributed by atoms with E-state index in [1.807, 2.05) is 24.3 Å². The van der Waals surface area contributed by atoms with Crippen LogP contribution < -0.4 is 5.32 Å². The minimum atomic E-state index is 0.116. The smallest absolute Gasteiger partial charge is 0.123 e. The number of aliphatic hydroxyl groups excluding tert-OH is 1. The monoisotopic (exact) mass is 249 g/mol. The summed E-state index contributed by atoms with van der Waals surface area (Å²) in [5.41, 5.74) is 2.03. The Morgan fingerprint density at radius 1 is 1.39 bits per heavy atom. The molecule has 0 aliphatic carbocycles. The Hall–Kier alpha value is -1.43. The SMILES string of the molecule is COCCNCc1nc2ccccc2n1CCO. The molecule has 0 unspecified atom stereocenters. The van der Waals surface area contributed by atoms with Gasteiger partial charge in [-0.2, -0.15) is 0 Å². The van der Waals surface area contributed by atoms with E-state index in [4.69, 9.17) is 9.84 Å². The van der Waals surface area contributed by atoms with Crippen molar-refractivity contribution >= 4 is 11.0 Å². The van der Waals surface area contributed by atoms with Crippen LogP contribution in [-0.4, -0.2) is 41.5 Å². The molecular formula is C13H19N3O2. The highest BCUT2D eigenvalue weighted by Crippen LogP contribution is 2.15. The van der Waals surface area contributed by atoms with Gasteiger partial charge in [0.15, 0.2) is 0 Å². The summed E-state index contributed by atoms with van der Waals surface area (Å²) >= 11 is 0. The number of hydrogen-bond acceptors (Lipinski definition) is 4. The highest BCUT2D eigenvalue weighted by molar-refractivity contribution is 5.75. The number of rotatable bonds is 7. The number of methoxy groups -OCH3 is 1. The summed E-state index contributed by atoms with van der Waals surface area (Å²) in [5.74, 6) is 0.946. The van der Waals surface area contributed by atoms with E-state index in [1.165, 1.54) is 0 Å². The Bertz CT molecular complexity index is 496. The molecule has 18 heavy (non-hydrogen) atoms. The molecule has 2 N–H and O–H groups in total. The Labute approximate surface area is 106 Å². The van der Waals surface area contributed by atoms with Gasteiger partial charge in [-0.1, -0.05) is 12.1 Å². The van der Waals surface area contributed by atoms with Crippen molar-refractivity contribution in [3.8, 4) is 0 Å². The molecule has 0 radical (unpaired) electrons. The molecular weight excluding hydrogens is 230 g/mol. The van der Waals surface area contributed by atoms with Crippen LogP contribution in [0, 0.1) is 0 Å². The molecule has 0 saturated carbocycles. The van der Waals surface area contributed by atoms with Crippen LogP contribution in [0.4, 0.5) is 0 Å². The lowest BCUT2D eigenvalue weighted by Crippen LogP contribution is -2.21. The third kappa shape index (κ3) is 2.87. The van der Waals surface area contributed by atoms with E-state index in [-0.39, 0.29) is 6.61 Å². The minimum Gasteiger partial charge on any atom is -0.395 e. The summed E-state index contributed by atoms with van der Waals surface area (Å²) in [6.45, 7) is 2.84. The Morgan fingerprint density at radius 2 is 2.22 bits per heavy atom. The first kappa shape index (κ1) is 13.0. The quantitative estimate of drug-likeness (QED) is 0.711. The lowest BCUT2D eigenvalue weighted by molar-refractivity contribution is 0.198. The van der Waals surface area contributed by atoms with Crippen molar-refractivity contribution in [3.63, 3.8) is 0 Å². The van der Waals surface area contributed by atoms with Gasteiger partial charge in [-0.05, 0) is 12.1 Å². The molecule has 98 valence electrons. The zero-order chi connectivity index (χ0) is 12.8. The maximum Gasteiger partial charge on any atom is 0.123 e. The van der Waals surface area contributed by atoms with Crippen molar-refractivity contribution in [3.05, 3.63) is 30.1 Å². The second-order valence-electron chi connectivity index (χ2n) is 4.06. The summed E-state index contributed by atoms with van der Waals surface area (Å²) < 4.78 is 7.04. The van der Waals surface area contributed by atoms with E-state index in [0.717, 1.165) is 23.4 Å². The predicted molar refractivity (Wildman–Crippen MR) is 70.4 cm³/mol. The van der Waals surface area contributed by atoms with Gasteiger partial charge < -0.3 is 19.7 Å². The van der Waals surface area contributed by atoms with Crippen LogP contribution in [-0.2, 0) is 17.8 Å². The lowest BCUT2D eigenvalue weighted by atomic mass is 10.3. The summed E-state index contributed by atoms with van der Waals surface area (Å²) in [6.07, 6.45) is 0. The molecule has 1 aromatic carbocycles. The largest absolute Gasteiger partial charge is 0.395 e. The second kappa shape index (κ2) is 6.49. The Morgan fingerprint density at radius 3 is 3.00 bits per heavy atom. The number of nitrogens with zero attached hydrogens (tertiary/aromatic N) is 2. The van der Waals surface area contributed by atoms with Gasteiger partial charge in [0.25, 0.3) is 0 Å². The fourth-order valence-electron chi connectivity index (χ4n) is 1.98. The zero-order valence-electron chi connectivity index (χ0n) is 10.6. The van der Waals surface area contributed by atoms with Crippen molar-refractivity contribution in [1.29, 1.82) is 0 Å². The number of aliphatic hydroxyl groups is 1. The fraction of sp³-hybridized carbons (Fsp3) is 0.462. The van der Waals surface area contributed by atoms with E-state index in [0.29, 0.717) is 19.7 Å². The van der Waals surface area contributed by atoms with E-state index in [2.05, 4.69) is 14.9 Å². The van der Waals surface area contributed by atoms with E-state index in [9.17, 15) is 0 Å². The summed E-state index contributed by atoms with van der Waals surface area (Å²) in [5, 5.41) is 12.4. The molecule has 0 bridgehead atoms. The van der Waals surface area contributed by atoms with Gasteiger partial charge in [-0.15, -0.1) is 0 Å². The van der Waals surface area contributed by atoms with Crippen LogP contribution in [0.3, 0.4) is 0 Å². The average Bonchev–Trinajstić information content (AvgIpc) is 2.74. The van der Waals surface area contributed by atoms with Gasteiger partial charge in [0.2, 0.25) is 0 Å². The maximum absolute atomic E-state index is 9.14. The number of fused-ring (bicyclic) bond motifs is 1. The molecule has 1 aromatic heterocycles. The molecule has 2 aromatic rings. The molecule has 0 aliphatic heterocycles. The number of hydrogen-bond donors (Lipinski definition) is 2. The van der Waals surface area contributed by atoms with E-state index in [1.54, 1.807) is 7.11 Å². The molecule has 0 atom stereocenters. The number of aromatic nitrogens is 2. The van der Waals surface area contributed by atoms with Crippen molar-refractivity contribution in [1.82, 2.24) is 14.9 Å². The third-order valence-electron chi connectivity index (χ3n) is 2.82. The first-order valence-electron chi connectivity index (χ1n) is 6.11. The van der Waals surface area contributed by atoms with Crippen LogP contribution >= 0.6 is 0 Å². The molecule has 0 fully saturated rings. The molecule has 2 rings (SSSR count). The number of ether oxygens (including phenoxy) is 1. The van der Waals surface area contributed by atoms with Crippen LogP contribution in [0.25, 0.3) is 11.0 Å². The number of nitrogens with one attached hydrogen (secondary N) is 1. The molecule has 5 heteroatoms. The average molecular weight is 249 g/mol. The van der Waals surface area contributed by atoms with Gasteiger partial charge >= 0.3 is 0 Å². The van der Waals surface area contributed by atoms with Gasteiger partial charge in [-0.3, -0.25) is 0 Å². The second-order valence-corrected chi connectivity index (χ2v) is 4.06. The molecule has 0 aliphatic rings. The topological polar surface area (TPSA) is 59.3 Å². The highest BCUT2D eigenvalue weighted by Gasteiger charge is 2.08. The third-order valence-corrected chi connectivity index (χ3v) is 2.82. The van der Waals surface area contributed by atoms with E-state index >= 15 is 0 Å². The van der Waals surface area contributed by atoms with Crippen molar-refractivity contribution in [2.24, 2.45) is 0 Å². The zero-order valence-corrected chi connectivity index (χ0v) is 10.6. The van der Waals surface area contributed by atoms with Crippen molar-refractivity contribution in [2.45, 2.75) is 13.1 Å². The Balaban J connectivity index is 2.17. The highest BCUT2D eigenvalue weighted by atomic mass is 16.5. The standard InChI is InChI=1S/C13H19N3O2/c1-18-9-6-14-10-13-15-11-4-2-3-5-12(11)16(13)7-8-17/h2-5,14,17H,6-10H2,1H3.